The van der Waals surface area contributed by atoms with E-state index in [2.05, 4.69) is 9.97 Å². The van der Waals surface area contributed by atoms with Crippen LogP contribution >= 0.6 is 11.8 Å². The third-order valence-electron chi connectivity index (χ3n) is 2.61. The van der Waals surface area contributed by atoms with Crippen molar-refractivity contribution < 1.29 is 23.1 Å². The predicted molar refractivity (Wildman–Crippen MR) is 71.2 cm³/mol. The first-order chi connectivity index (χ1) is 9.81. The molecule has 0 saturated heterocycles. The van der Waals surface area contributed by atoms with Crippen LogP contribution < -0.4 is 0 Å². The van der Waals surface area contributed by atoms with E-state index in [9.17, 15) is 18.0 Å². The van der Waals surface area contributed by atoms with E-state index in [1.54, 1.807) is 6.26 Å². The molecule has 4 nitrogen and oxygen atoms in total. The van der Waals surface area contributed by atoms with Crippen molar-refractivity contribution in [1.29, 1.82) is 0 Å². The lowest BCUT2D eigenvalue weighted by atomic mass is 10.1. The molecular weight excluding hydrogens is 305 g/mol. The highest BCUT2D eigenvalue weighted by Crippen LogP contribution is 2.31. The maximum absolute atomic E-state index is 12.8. The molecule has 0 aliphatic heterocycles. The average molecular weight is 314 g/mol. The van der Waals surface area contributed by atoms with E-state index in [4.69, 9.17) is 5.11 Å². The van der Waals surface area contributed by atoms with Gasteiger partial charge in [-0.15, -0.1) is 0 Å². The molecule has 8 heteroatoms. The van der Waals surface area contributed by atoms with Gasteiger partial charge in [-0.05, 0) is 24.5 Å². The van der Waals surface area contributed by atoms with Crippen LogP contribution in [0.25, 0.3) is 11.3 Å². The summed E-state index contributed by atoms with van der Waals surface area (Å²) in [5.74, 6) is -1.11. The fraction of sp³-hybridized carbons (Fsp3) is 0.154. The first-order valence-electron chi connectivity index (χ1n) is 5.65. The van der Waals surface area contributed by atoms with Crippen molar-refractivity contribution >= 4 is 17.7 Å². The fourth-order valence-corrected chi connectivity index (χ4v) is 1.97. The van der Waals surface area contributed by atoms with Crippen LogP contribution in [-0.4, -0.2) is 27.3 Å². The van der Waals surface area contributed by atoms with Gasteiger partial charge in [0.15, 0.2) is 5.16 Å². The molecule has 0 bridgehead atoms. The number of carbonyl (C=O) groups is 1. The Hall–Kier alpha value is -2.09. The highest BCUT2D eigenvalue weighted by Gasteiger charge is 2.33. The monoisotopic (exact) mass is 314 g/mol. The van der Waals surface area contributed by atoms with Crippen LogP contribution in [0.3, 0.4) is 0 Å². The highest BCUT2D eigenvalue weighted by atomic mass is 32.2. The van der Waals surface area contributed by atoms with Crippen molar-refractivity contribution in [2.45, 2.75) is 11.3 Å². The van der Waals surface area contributed by atoms with E-state index in [1.807, 2.05) is 0 Å². The normalized spacial score (nSPS) is 11.4. The number of hydrogen-bond donors (Lipinski definition) is 1. The van der Waals surface area contributed by atoms with Crippen LogP contribution in [0, 0.1) is 0 Å². The smallest absolute Gasteiger partial charge is 0.433 e. The van der Waals surface area contributed by atoms with Crippen molar-refractivity contribution in [2.75, 3.05) is 6.26 Å². The third kappa shape index (κ3) is 3.52. The summed E-state index contributed by atoms with van der Waals surface area (Å²) in [5.41, 5.74) is -0.491. The van der Waals surface area contributed by atoms with E-state index in [0.29, 0.717) is 5.56 Å². The van der Waals surface area contributed by atoms with Gasteiger partial charge in [0, 0.05) is 5.56 Å². The largest absolute Gasteiger partial charge is 0.478 e. The van der Waals surface area contributed by atoms with Gasteiger partial charge in [-0.25, -0.2) is 14.8 Å². The zero-order valence-electron chi connectivity index (χ0n) is 10.7. The lowest BCUT2D eigenvalue weighted by Gasteiger charge is -2.09. The quantitative estimate of drug-likeness (QED) is 0.693. The Labute approximate surface area is 122 Å². The van der Waals surface area contributed by atoms with Crippen molar-refractivity contribution in [1.82, 2.24) is 9.97 Å². The molecule has 0 atom stereocenters. The lowest BCUT2D eigenvalue weighted by molar-refractivity contribution is -0.141. The maximum Gasteiger partial charge on any atom is 0.433 e. The summed E-state index contributed by atoms with van der Waals surface area (Å²) in [4.78, 5) is 18.2. The Morgan fingerprint density at radius 1 is 1.19 bits per heavy atom. The van der Waals surface area contributed by atoms with Crippen molar-refractivity contribution in [3.63, 3.8) is 0 Å². The number of carboxylic acids is 1. The standard InChI is InChI=1S/C13H9F3N2O2S/c1-21-12-17-9(6-10(18-12)13(14,15)16)7-2-4-8(5-3-7)11(19)20/h2-6H,1H3,(H,19,20). The molecule has 0 unspecified atom stereocenters. The van der Waals surface area contributed by atoms with Crippen LogP contribution in [-0.2, 0) is 6.18 Å². The van der Waals surface area contributed by atoms with Crippen molar-refractivity contribution in [3.8, 4) is 11.3 Å². The minimum atomic E-state index is -4.57. The average Bonchev–Trinajstić information content (AvgIpc) is 2.46. The molecular formula is C13H9F3N2O2S. The molecule has 2 aromatic rings. The van der Waals surface area contributed by atoms with Gasteiger partial charge in [-0.3, -0.25) is 0 Å². The van der Waals surface area contributed by atoms with Crippen LogP contribution in [0.1, 0.15) is 16.1 Å². The summed E-state index contributed by atoms with van der Waals surface area (Å²) < 4.78 is 38.4. The lowest BCUT2D eigenvalue weighted by Crippen LogP contribution is -2.10. The van der Waals surface area contributed by atoms with Gasteiger partial charge in [0.1, 0.15) is 5.69 Å². The Morgan fingerprint density at radius 2 is 1.81 bits per heavy atom. The molecule has 0 aliphatic rings. The van der Waals surface area contributed by atoms with E-state index in [1.165, 1.54) is 24.3 Å². The van der Waals surface area contributed by atoms with Crippen LogP contribution in [0.5, 0.6) is 0 Å². The Kier molecular flexibility index (Phi) is 4.17. The maximum atomic E-state index is 12.8. The molecule has 2 rings (SSSR count). The molecule has 110 valence electrons. The number of thioether (sulfide) groups is 1. The fourth-order valence-electron chi connectivity index (χ4n) is 1.59. The molecule has 0 saturated carbocycles. The first-order valence-corrected chi connectivity index (χ1v) is 6.87. The summed E-state index contributed by atoms with van der Waals surface area (Å²) in [7, 11) is 0. The topological polar surface area (TPSA) is 63.1 Å². The van der Waals surface area contributed by atoms with Gasteiger partial charge in [0.25, 0.3) is 0 Å². The zero-order valence-corrected chi connectivity index (χ0v) is 11.5. The summed E-state index contributed by atoms with van der Waals surface area (Å²) in [6.45, 7) is 0. The Bertz CT molecular complexity index is 672. The summed E-state index contributed by atoms with van der Waals surface area (Å²) >= 11 is 1.000. The Morgan fingerprint density at radius 3 is 2.29 bits per heavy atom. The SMILES string of the molecule is CSc1nc(-c2ccc(C(=O)O)cc2)cc(C(F)(F)F)n1. The number of alkyl halides is 3. The number of aromatic nitrogens is 2. The zero-order chi connectivity index (χ0) is 15.6. The van der Waals surface area contributed by atoms with Gasteiger partial charge in [-0.1, -0.05) is 23.9 Å². The van der Waals surface area contributed by atoms with Gasteiger partial charge < -0.3 is 5.11 Å². The van der Waals surface area contributed by atoms with Crippen molar-refractivity contribution in [2.24, 2.45) is 0 Å². The van der Waals surface area contributed by atoms with E-state index >= 15 is 0 Å². The summed E-state index contributed by atoms with van der Waals surface area (Å²) in [5, 5.41) is 8.80. The number of rotatable bonds is 3. The van der Waals surface area contributed by atoms with Gasteiger partial charge in [0.05, 0.1) is 11.3 Å². The molecule has 21 heavy (non-hydrogen) atoms. The van der Waals surface area contributed by atoms with Crippen LogP contribution in [0.2, 0.25) is 0 Å². The molecule has 0 amide bonds. The number of hydrogen-bond acceptors (Lipinski definition) is 4. The molecule has 0 aliphatic carbocycles. The second kappa shape index (κ2) is 5.72. The molecule has 1 aromatic carbocycles. The van der Waals surface area contributed by atoms with E-state index < -0.39 is 17.8 Å². The van der Waals surface area contributed by atoms with Crippen molar-refractivity contribution in [3.05, 3.63) is 41.6 Å². The third-order valence-corrected chi connectivity index (χ3v) is 3.15. The van der Waals surface area contributed by atoms with Crippen LogP contribution in [0.4, 0.5) is 13.2 Å². The number of carboxylic acid groups (broad SMARTS) is 1. The van der Waals surface area contributed by atoms with E-state index in [-0.39, 0.29) is 16.4 Å². The number of aromatic carboxylic acids is 1. The predicted octanol–water partition coefficient (Wildman–Crippen LogP) is 3.58. The minimum Gasteiger partial charge on any atom is -0.478 e. The van der Waals surface area contributed by atoms with E-state index in [0.717, 1.165) is 17.8 Å². The highest BCUT2D eigenvalue weighted by molar-refractivity contribution is 7.98. The number of benzene rings is 1. The summed E-state index contributed by atoms with van der Waals surface area (Å²) in [6, 6.07) is 6.29. The molecule has 0 radical (unpaired) electrons. The number of nitrogens with zero attached hydrogens (tertiary/aromatic N) is 2. The molecule has 1 N–H and O–H groups in total. The molecule has 0 spiro atoms. The van der Waals surface area contributed by atoms with Crippen LogP contribution in [0.15, 0.2) is 35.5 Å². The molecule has 1 heterocycles. The second-order valence-corrected chi connectivity index (χ2v) is 4.78. The van der Waals surface area contributed by atoms with Gasteiger partial charge in [-0.2, -0.15) is 13.2 Å². The van der Waals surface area contributed by atoms with Gasteiger partial charge >= 0.3 is 12.1 Å². The molecule has 1 aromatic heterocycles. The van der Waals surface area contributed by atoms with Gasteiger partial charge in [0.2, 0.25) is 0 Å². The first kappa shape index (κ1) is 15.3. The Balaban J connectivity index is 2.50. The second-order valence-electron chi connectivity index (χ2n) is 4.01. The molecule has 0 fully saturated rings. The number of halogens is 3. The summed E-state index contributed by atoms with van der Waals surface area (Å²) in [6.07, 6.45) is -2.99. The minimum absolute atomic E-state index is 0.00198.